The molecule has 2 heterocycles. The number of sulfonamides is 1. The van der Waals surface area contributed by atoms with Gasteiger partial charge in [0.1, 0.15) is 10.7 Å². The molecule has 1 aromatic rings. The van der Waals surface area contributed by atoms with Crippen LogP contribution in [0.5, 0.6) is 0 Å². The summed E-state index contributed by atoms with van der Waals surface area (Å²) in [5.74, 6) is 0.789. The minimum Gasteiger partial charge on any atom is -0.372 e. The van der Waals surface area contributed by atoms with Crippen LogP contribution in [-0.4, -0.2) is 55.1 Å². The molecule has 24 heavy (non-hydrogen) atoms. The van der Waals surface area contributed by atoms with Crippen molar-refractivity contribution in [2.75, 3.05) is 18.0 Å². The lowest BCUT2D eigenvalue weighted by Crippen LogP contribution is -2.46. The summed E-state index contributed by atoms with van der Waals surface area (Å²) in [5, 5.41) is 0. The van der Waals surface area contributed by atoms with Gasteiger partial charge >= 0.3 is 0 Å². The van der Waals surface area contributed by atoms with Crippen LogP contribution in [0.25, 0.3) is 0 Å². The van der Waals surface area contributed by atoms with Crippen molar-refractivity contribution in [2.24, 2.45) is 0 Å². The highest BCUT2D eigenvalue weighted by Crippen LogP contribution is 2.23. The second-order valence-electron chi connectivity index (χ2n) is 7.04. The summed E-state index contributed by atoms with van der Waals surface area (Å²) in [5.41, 5.74) is 0. The number of rotatable bonds is 5. The zero-order chi connectivity index (χ0) is 18.1. The number of aromatic nitrogens is 1. The zero-order valence-electron chi connectivity index (χ0n) is 15.4. The van der Waals surface area contributed by atoms with Gasteiger partial charge in [0, 0.05) is 31.4 Å². The van der Waals surface area contributed by atoms with Crippen molar-refractivity contribution in [1.82, 2.24) is 9.29 Å². The van der Waals surface area contributed by atoms with Crippen LogP contribution in [0.15, 0.2) is 23.2 Å². The van der Waals surface area contributed by atoms with Gasteiger partial charge in [-0.2, -0.15) is 4.31 Å². The highest BCUT2D eigenvalue weighted by molar-refractivity contribution is 7.89. The van der Waals surface area contributed by atoms with Gasteiger partial charge in [-0.3, -0.25) is 0 Å². The molecule has 136 valence electrons. The molecule has 6 nitrogen and oxygen atoms in total. The van der Waals surface area contributed by atoms with Crippen LogP contribution in [0.4, 0.5) is 5.82 Å². The van der Waals surface area contributed by atoms with Crippen molar-refractivity contribution in [3.05, 3.63) is 18.3 Å². The summed E-state index contributed by atoms with van der Waals surface area (Å²) in [7, 11) is -3.54. The Morgan fingerprint density at radius 2 is 1.67 bits per heavy atom. The van der Waals surface area contributed by atoms with Gasteiger partial charge in [-0.25, -0.2) is 13.4 Å². The van der Waals surface area contributed by atoms with Gasteiger partial charge in [-0.1, -0.05) is 0 Å². The van der Waals surface area contributed by atoms with E-state index in [0.29, 0.717) is 0 Å². The zero-order valence-corrected chi connectivity index (χ0v) is 16.2. The topological polar surface area (TPSA) is 62.7 Å². The molecule has 1 aliphatic heterocycles. The minimum atomic E-state index is -3.54. The molecule has 1 fully saturated rings. The lowest BCUT2D eigenvalue weighted by Gasteiger charge is -2.36. The van der Waals surface area contributed by atoms with Gasteiger partial charge in [-0.15, -0.1) is 0 Å². The fourth-order valence-electron chi connectivity index (χ4n) is 3.35. The molecular formula is C17H29N3O3S. The molecule has 0 aliphatic carbocycles. The Morgan fingerprint density at radius 3 is 2.08 bits per heavy atom. The van der Waals surface area contributed by atoms with Gasteiger partial charge in [0.2, 0.25) is 10.0 Å². The first-order chi connectivity index (χ1) is 11.1. The van der Waals surface area contributed by atoms with Crippen LogP contribution < -0.4 is 4.90 Å². The molecule has 0 unspecified atom stereocenters. The second kappa shape index (κ2) is 7.37. The maximum absolute atomic E-state index is 12.9. The van der Waals surface area contributed by atoms with E-state index in [1.165, 1.54) is 10.5 Å². The number of hydrogen-bond acceptors (Lipinski definition) is 5. The lowest BCUT2D eigenvalue weighted by atomic mass is 10.2. The Balaban J connectivity index is 2.25. The summed E-state index contributed by atoms with van der Waals surface area (Å²) < 4.78 is 33.0. The Kier molecular flexibility index (Phi) is 5.88. The van der Waals surface area contributed by atoms with Crippen molar-refractivity contribution in [3.8, 4) is 0 Å². The van der Waals surface area contributed by atoms with E-state index in [1.807, 2.05) is 41.5 Å². The minimum absolute atomic E-state index is 0.101. The predicted molar refractivity (Wildman–Crippen MR) is 95.8 cm³/mol. The molecule has 0 bridgehead atoms. The fraction of sp³-hybridized carbons (Fsp3) is 0.706. The van der Waals surface area contributed by atoms with E-state index < -0.39 is 10.0 Å². The standard InChI is InChI=1S/C17H29N3O3S/c1-12(2)20(13(3)4)24(21,22)16-7-8-17(18-9-16)19-10-14(5)23-15(6)11-19/h7-9,12-15H,10-11H2,1-6H3/t14-,15-/m1/s1. The van der Waals surface area contributed by atoms with E-state index in [1.54, 1.807) is 12.1 Å². The number of hydrogen-bond donors (Lipinski definition) is 0. The highest BCUT2D eigenvalue weighted by atomic mass is 32.2. The van der Waals surface area contributed by atoms with Crippen LogP contribution in [-0.2, 0) is 14.8 Å². The quantitative estimate of drug-likeness (QED) is 0.812. The average Bonchev–Trinajstić information content (AvgIpc) is 2.45. The molecule has 2 atom stereocenters. The smallest absolute Gasteiger partial charge is 0.245 e. The molecule has 1 aliphatic rings. The molecule has 0 aromatic carbocycles. The number of ether oxygens (including phenoxy) is 1. The first-order valence-corrected chi connectivity index (χ1v) is 9.97. The van der Waals surface area contributed by atoms with Crippen LogP contribution in [0.3, 0.4) is 0 Å². The first-order valence-electron chi connectivity index (χ1n) is 8.53. The van der Waals surface area contributed by atoms with Gasteiger partial charge in [0.05, 0.1) is 12.2 Å². The Labute approximate surface area is 145 Å². The van der Waals surface area contributed by atoms with Crippen molar-refractivity contribution in [2.45, 2.75) is 70.7 Å². The molecule has 0 N–H and O–H groups in total. The maximum atomic E-state index is 12.9. The summed E-state index contributed by atoms with van der Waals surface area (Å²) in [6.07, 6.45) is 1.74. The largest absolute Gasteiger partial charge is 0.372 e. The lowest BCUT2D eigenvalue weighted by molar-refractivity contribution is -0.00546. The maximum Gasteiger partial charge on any atom is 0.245 e. The number of nitrogens with zero attached hydrogens (tertiary/aromatic N) is 3. The fourth-order valence-corrected chi connectivity index (χ4v) is 5.13. The normalized spacial score (nSPS) is 22.6. The van der Waals surface area contributed by atoms with E-state index in [0.717, 1.165) is 18.9 Å². The third-order valence-electron chi connectivity index (χ3n) is 4.06. The molecule has 2 rings (SSSR count). The third-order valence-corrected chi connectivity index (χ3v) is 6.29. The summed E-state index contributed by atoms with van der Waals surface area (Å²) in [6.45, 7) is 13.1. The summed E-state index contributed by atoms with van der Waals surface area (Å²) in [4.78, 5) is 6.78. The van der Waals surface area contributed by atoms with E-state index in [9.17, 15) is 8.42 Å². The van der Waals surface area contributed by atoms with Gasteiger partial charge in [-0.05, 0) is 53.7 Å². The molecule has 1 aromatic heterocycles. The van der Waals surface area contributed by atoms with E-state index in [-0.39, 0.29) is 29.2 Å². The Bertz CT molecular complexity index is 626. The average molecular weight is 356 g/mol. The highest BCUT2D eigenvalue weighted by Gasteiger charge is 2.30. The SMILES string of the molecule is CC(C)N(C(C)C)S(=O)(=O)c1ccc(N2C[C@@H](C)O[C@H](C)C2)nc1. The van der Waals surface area contributed by atoms with Gasteiger partial charge < -0.3 is 9.64 Å². The van der Waals surface area contributed by atoms with Crippen molar-refractivity contribution < 1.29 is 13.2 Å². The van der Waals surface area contributed by atoms with Crippen LogP contribution in [0.1, 0.15) is 41.5 Å². The van der Waals surface area contributed by atoms with E-state index in [4.69, 9.17) is 4.74 Å². The number of anilines is 1. The Hall–Kier alpha value is -1.18. The summed E-state index contributed by atoms with van der Waals surface area (Å²) >= 11 is 0. The van der Waals surface area contributed by atoms with E-state index in [2.05, 4.69) is 9.88 Å². The molecular weight excluding hydrogens is 326 g/mol. The molecule has 0 saturated carbocycles. The molecule has 0 spiro atoms. The second-order valence-corrected chi connectivity index (χ2v) is 8.88. The molecule has 0 amide bonds. The van der Waals surface area contributed by atoms with Crippen LogP contribution in [0.2, 0.25) is 0 Å². The van der Waals surface area contributed by atoms with E-state index >= 15 is 0 Å². The molecule has 0 radical (unpaired) electrons. The number of pyridine rings is 1. The monoisotopic (exact) mass is 355 g/mol. The van der Waals surface area contributed by atoms with Crippen LogP contribution >= 0.6 is 0 Å². The van der Waals surface area contributed by atoms with Crippen molar-refractivity contribution >= 4 is 15.8 Å². The van der Waals surface area contributed by atoms with Crippen molar-refractivity contribution in [1.29, 1.82) is 0 Å². The first kappa shape index (κ1) is 19.1. The predicted octanol–water partition coefficient (Wildman–Crippen LogP) is 2.50. The molecule has 7 heteroatoms. The van der Waals surface area contributed by atoms with Gasteiger partial charge in [0.25, 0.3) is 0 Å². The van der Waals surface area contributed by atoms with Crippen molar-refractivity contribution in [3.63, 3.8) is 0 Å². The molecule has 1 saturated heterocycles. The number of morpholine rings is 1. The Morgan fingerprint density at radius 1 is 1.12 bits per heavy atom. The van der Waals surface area contributed by atoms with Gasteiger partial charge in [0.15, 0.2) is 0 Å². The third kappa shape index (κ3) is 4.07. The summed E-state index contributed by atoms with van der Waals surface area (Å²) in [6, 6.07) is 3.24. The van der Waals surface area contributed by atoms with Crippen LogP contribution in [0, 0.1) is 0 Å².